The van der Waals surface area contributed by atoms with E-state index >= 15 is 0 Å². The van der Waals surface area contributed by atoms with E-state index in [0.717, 1.165) is 24.0 Å². The van der Waals surface area contributed by atoms with Crippen LogP contribution in [0, 0.1) is 23.3 Å². The first-order valence-electron chi connectivity index (χ1n) is 9.33. The highest BCUT2D eigenvalue weighted by molar-refractivity contribution is 7.99. The van der Waals surface area contributed by atoms with Crippen molar-refractivity contribution < 1.29 is 37.6 Å². The van der Waals surface area contributed by atoms with Gasteiger partial charge in [-0.1, -0.05) is 35.0 Å². The van der Waals surface area contributed by atoms with Gasteiger partial charge in [0, 0.05) is 16.7 Å². The largest absolute Gasteiger partial charge is 0.397 e. The average Bonchev–Trinajstić information content (AvgIpc) is 2.76. The molecule has 13 heteroatoms. The van der Waals surface area contributed by atoms with Gasteiger partial charge in [0.1, 0.15) is 29.6 Å². The number of benzene rings is 2. The molecular weight excluding hydrogens is 511 g/mol. The quantitative estimate of drug-likeness (QED) is 0.223. The number of aliphatic hydroxyl groups excluding tert-OH is 3. The van der Waals surface area contributed by atoms with Gasteiger partial charge in [-0.05, 0) is 24.3 Å². The second kappa shape index (κ2) is 10.7. The molecule has 2 aromatic carbocycles. The summed E-state index contributed by atoms with van der Waals surface area (Å²) in [6, 6.07) is 2.36. The van der Waals surface area contributed by atoms with Gasteiger partial charge in [0.15, 0.2) is 17.5 Å². The number of ether oxygens (including phenoxy) is 1. The van der Waals surface area contributed by atoms with Crippen LogP contribution in [0.2, 0.25) is 10.0 Å². The van der Waals surface area contributed by atoms with Crippen molar-refractivity contribution >= 4 is 40.7 Å². The highest BCUT2D eigenvalue weighted by Gasteiger charge is 2.44. The smallest absolute Gasteiger partial charge is 0.194 e. The molecule has 5 atom stereocenters. The average molecular weight is 529 g/mol. The summed E-state index contributed by atoms with van der Waals surface area (Å²) in [4.78, 5) is -0.00685. The molecule has 6 N–H and O–H groups in total. The summed E-state index contributed by atoms with van der Waals surface area (Å²) < 4.78 is 59.9. The number of rotatable bonds is 6. The van der Waals surface area contributed by atoms with E-state index in [2.05, 4.69) is 5.32 Å². The van der Waals surface area contributed by atoms with E-state index < -0.39 is 59.7 Å². The van der Waals surface area contributed by atoms with E-state index in [9.17, 15) is 32.9 Å². The van der Waals surface area contributed by atoms with Crippen LogP contribution in [0.4, 0.5) is 17.6 Å². The lowest BCUT2D eigenvalue weighted by atomic mass is 9.97. The molecule has 0 radical (unpaired) electrons. The van der Waals surface area contributed by atoms with E-state index in [1.165, 1.54) is 6.07 Å². The van der Waals surface area contributed by atoms with Crippen molar-refractivity contribution in [2.45, 2.75) is 34.7 Å². The minimum atomic E-state index is -1.66. The van der Waals surface area contributed by atoms with Crippen molar-refractivity contribution in [1.82, 2.24) is 5.32 Å². The Balaban J connectivity index is 1.83. The number of nitrogens with two attached hydrogens (primary N) is 1. The molecule has 0 saturated carbocycles. The van der Waals surface area contributed by atoms with Crippen LogP contribution in [0.1, 0.15) is 5.56 Å². The van der Waals surface area contributed by atoms with Crippen LogP contribution in [0.15, 0.2) is 35.4 Å². The monoisotopic (exact) mass is 528 g/mol. The lowest BCUT2D eigenvalue weighted by molar-refractivity contribution is -0.164. The van der Waals surface area contributed by atoms with E-state index in [1.54, 1.807) is 0 Å². The molecule has 0 spiro atoms. The van der Waals surface area contributed by atoms with E-state index in [1.807, 2.05) is 0 Å². The van der Waals surface area contributed by atoms with E-state index in [0.29, 0.717) is 12.1 Å². The third-order valence-electron chi connectivity index (χ3n) is 4.85. The fourth-order valence-corrected chi connectivity index (χ4v) is 4.59. The molecule has 0 aromatic heterocycles. The first-order chi connectivity index (χ1) is 15.5. The number of nitrogens with one attached hydrogen (secondary N) is 1. The Hall–Kier alpha value is -1.73. The maximum Gasteiger partial charge on any atom is 0.194 e. The van der Waals surface area contributed by atoms with Gasteiger partial charge >= 0.3 is 0 Å². The summed E-state index contributed by atoms with van der Waals surface area (Å²) in [6.45, 7) is -0.638. The van der Waals surface area contributed by atoms with Crippen LogP contribution in [0.5, 0.6) is 0 Å². The molecule has 6 nitrogen and oxygen atoms in total. The molecular formula is C20H18Cl2F4N2O4S. The molecule has 0 amide bonds. The lowest BCUT2D eigenvalue weighted by Crippen LogP contribution is -2.62. The topological polar surface area (TPSA) is 108 Å². The molecule has 1 saturated heterocycles. The molecule has 33 heavy (non-hydrogen) atoms. The number of hydrogen-bond donors (Lipinski definition) is 5. The summed E-state index contributed by atoms with van der Waals surface area (Å²) in [5.74, 6) is -5.29. The van der Waals surface area contributed by atoms with Gasteiger partial charge in [0.25, 0.3) is 0 Å². The van der Waals surface area contributed by atoms with Crippen molar-refractivity contribution in [3.8, 4) is 0 Å². The Kier molecular flexibility index (Phi) is 8.38. The molecule has 2 aromatic rings. The summed E-state index contributed by atoms with van der Waals surface area (Å²) >= 11 is 12.4. The van der Waals surface area contributed by atoms with Crippen LogP contribution < -0.4 is 11.1 Å². The standard InChI is InChI=1S/C20H18Cl2F4N2O4S/c21-8-3-10(23)15(4-9(8)22)33-20-19(31)17(18(30)14(6-29)32-20)28-5-13(27)7-1-11(24)16(26)12(25)2-7/h1-5,14,17-20,28-31H,6,27H2/b13-5-. The molecule has 3 rings (SSSR count). The molecule has 0 aliphatic carbocycles. The molecule has 1 heterocycles. The third-order valence-corrected chi connectivity index (χ3v) is 6.76. The van der Waals surface area contributed by atoms with Gasteiger partial charge in [0.2, 0.25) is 0 Å². The Bertz CT molecular complexity index is 1040. The molecule has 5 unspecified atom stereocenters. The first-order valence-corrected chi connectivity index (χ1v) is 11.0. The zero-order valence-electron chi connectivity index (χ0n) is 16.5. The maximum atomic E-state index is 14.3. The van der Waals surface area contributed by atoms with Gasteiger partial charge in [-0.15, -0.1) is 0 Å². The van der Waals surface area contributed by atoms with Crippen molar-refractivity contribution in [2.24, 2.45) is 5.73 Å². The highest BCUT2D eigenvalue weighted by atomic mass is 35.5. The van der Waals surface area contributed by atoms with Gasteiger partial charge in [-0.25, -0.2) is 17.6 Å². The fourth-order valence-electron chi connectivity index (χ4n) is 3.09. The summed E-state index contributed by atoms with van der Waals surface area (Å²) in [7, 11) is 0. The first kappa shape index (κ1) is 25.9. The normalized spacial score (nSPS) is 25.8. The second-order valence-corrected chi connectivity index (χ2v) is 9.02. The predicted octanol–water partition coefficient (Wildman–Crippen LogP) is 3.00. The Morgan fingerprint density at radius 3 is 2.24 bits per heavy atom. The zero-order valence-corrected chi connectivity index (χ0v) is 18.8. The van der Waals surface area contributed by atoms with Crippen molar-refractivity contribution in [2.75, 3.05) is 6.61 Å². The molecule has 0 bridgehead atoms. The minimum Gasteiger partial charge on any atom is -0.397 e. The zero-order chi connectivity index (χ0) is 24.4. The maximum absolute atomic E-state index is 14.3. The molecule has 1 aliphatic heterocycles. The minimum absolute atomic E-state index is 0.00685. The van der Waals surface area contributed by atoms with Gasteiger partial charge < -0.3 is 31.1 Å². The summed E-state index contributed by atoms with van der Waals surface area (Å²) in [5, 5.41) is 33.4. The number of halogens is 6. The number of thioether (sulfide) groups is 1. The summed E-state index contributed by atoms with van der Waals surface area (Å²) in [5.41, 5.74) is 4.17. The Morgan fingerprint density at radius 1 is 1.03 bits per heavy atom. The van der Waals surface area contributed by atoms with Crippen LogP contribution in [0.3, 0.4) is 0 Å². The fraction of sp³-hybridized carbons (Fsp3) is 0.300. The summed E-state index contributed by atoms with van der Waals surface area (Å²) in [6.07, 6.45) is -3.06. The Labute approximate surface area is 199 Å². The van der Waals surface area contributed by atoms with Crippen LogP contribution in [0.25, 0.3) is 5.70 Å². The predicted molar refractivity (Wildman–Crippen MR) is 115 cm³/mol. The second-order valence-electron chi connectivity index (χ2n) is 7.07. The van der Waals surface area contributed by atoms with Crippen molar-refractivity contribution in [1.29, 1.82) is 0 Å². The number of aliphatic hydroxyl groups is 3. The van der Waals surface area contributed by atoms with Crippen LogP contribution >= 0.6 is 35.0 Å². The van der Waals surface area contributed by atoms with E-state index in [4.69, 9.17) is 33.7 Å². The van der Waals surface area contributed by atoms with Gasteiger partial charge in [-0.3, -0.25) is 0 Å². The third kappa shape index (κ3) is 5.68. The van der Waals surface area contributed by atoms with E-state index in [-0.39, 0.29) is 26.2 Å². The van der Waals surface area contributed by atoms with Crippen LogP contribution in [-0.2, 0) is 4.74 Å². The Morgan fingerprint density at radius 2 is 1.64 bits per heavy atom. The van der Waals surface area contributed by atoms with Crippen molar-refractivity contribution in [3.05, 3.63) is 69.3 Å². The molecule has 1 aliphatic rings. The molecule has 1 fully saturated rings. The van der Waals surface area contributed by atoms with Gasteiger partial charge in [-0.2, -0.15) is 0 Å². The number of hydrogen-bond acceptors (Lipinski definition) is 7. The molecule has 180 valence electrons. The van der Waals surface area contributed by atoms with Gasteiger partial charge in [0.05, 0.1) is 28.4 Å². The highest BCUT2D eigenvalue weighted by Crippen LogP contribution is 2.37. The lowest BCUT2D eigenvalue weighted by Gasteiger charge is -2.42. The van der Waals surface area contributed by atoms with Crippen molar-refractivity contribution in [3.63, 3.8) is 0 Å². The SMILES string of the molecule is N/C(=C\NC1C(O)C(CO)OC(Sc2cc(Cl)c(Cl)cc2F)C1O)c1cc(F)c(F)c(F)c1. The van der Waals surface area contributed by atoms with Crippen LogP contribution in [-0.4, -0.2) is 51.7 Å².